The summed E-state index contributed by atoms with van der Waals surface area (Å²) in [6, 6.07) is 0. The molecule has 1 atom stereocenters. The zero-order chi connectivity index (χ0) is 10.9. The lowest BCUT2D eigenvalue weighted by atomic mass is 10.6. The van der Waals surface area contributed by atoms with Gasteiger partial charge in [0, 0.05) is 20.6 Å². The van der Waals surface area contributed by atoms with Crippen LogP contribution in [0.25, 0.3) is 0 Å². The van der Waals surface area contributed by atoms with Crippen LogP contribution in [0.15, 0.2) is 0 Å². The molecule has 0 spiro atoms. The summed E-state index contributed by atoms with van der Waals surface area (Å²) >= 11 is 4.74. The van der Waals surface area contributed by atoms with Crippen molar-refractivity contribution in [1.29, 1.82) is 0 Å². The van der Waals surface area contributed by atoms with Gasteiger partial charge in [-0.25, -0.2) is 0 Å². The van der Waals surface area contributed by atoms with E-state index in [9.17, 15) is 4.79 Å². The van der Waals surface area contributed by atoms with Crippen LogP contribution in [-0.4, -0.2) is 41.8 Å². The maximum absolute atomic E-state index is 9.24. The Morgan fingerprint density at radius 3 is 2.08 bits per heavy atom. The fourth-order valence-corrected chi connectivity index (χ4v) is 0.327. The molecule has 0 fully saturated rings. The summed E-state index contributed by atoms with van der Waals surface area (Å²) in [7, 11) is 1.38. The molecule has 0 aliphatic heterocycles. The number of rotatable bonds is 4. The van der Waals surface area contributed by atoms with E-state index in [0.29, 0.717) is 6.61 Å². The van der Waals surface area contributed by atoms with Crippen molar-refractivity contribution < 1.29 is 24.5 Å². The minimum atomic E-state index is -1.41. The highest BCUT2D eigenvalue weighted by atomic mass is 35.5. The summed E-state index contributed by atoms with van der Waals surface area (Å²) in [5, 5.41) is 16.5. The van der Waals surface area contributed by atoms with Gasteiger partial charge in [-0.1, -0.05) is 0 Å². The molecule has 0 rings (SSSR count). The summed E-state index contributed by atoms with van der Waals surface area (Å²) in [6.45, 7) is 3.67. The normalized spacial score (nSPS) is 13.9. The van der Waals surface area contributed by atoms with Gasteiger partial charge >= 0.3 is 5.97 Å². The van der Waals surface area contributed by atoms with Gasteiger partial charge in [-0.05, 0) is 6.92 Å². The molecule has 0 amide bonds. The predicted octanol–water partition coefficient (Wildman–Crippen LogP) is 0.645. The third kappa shape index (κ3) is 14.5. The van der Waals surface area contributed by atoms with Crippen molar-refractivity contribution in [2.75, 3.05) is 19.6 Å². The molecule has 5 nitrogen and oxygen atoms in total. The monoisotopic (exact) mass is 214 g/mol. The second-order valence-electron chi connectivity index (χ2n) is 2.06. The summed E-state index contributed by atoms with van der Waals surface area (Å²) in [5.74, 6) is -2.69. The average Bonchev–Trinajstić information content (AvgIpc) is 2.05. The van der Waals surface area contributed by atoms with E-state index < -0.39 is 11.9 Å². The quantitative estimate of drug-likeness (QED) is 0.531. The molecule has 1 unspecified atom stereocenters. The van der Waals surface area contributed by atoms with Crippen LogP contribution in [0.1, 0.15) is 13.8 Å². The third-order valence-corrected chi connectivity index (χ3v) is 1.13. The molecule has 0 aromatic rings. The smallest absolute Gasteiger partial charge is 0.318 e. The molecule has 0 bridgehead atoms. The van der Waals surface area contributed by atoms with Crippen LogP contribution >= 0.6 is 11.6 Å². The predicted molar refractivity (Wildman–Crippen MR) is 47.6 cm³/mol. The topological polar surface area (TPSA) is 76.0 Å². The molecule has 0 heterocycles. The Bertz CT molecular complexity index is 137. The van der Waals surface area contributed by atoms with Crippen LogP contribution in [0.4, 0.5) is 0 Å². The van der Waals surface area contributed by atoms with Gasteiger partial charge in [0.15, 0.2) is 0 Å². The van der Waals surface area contributed by atoms with E-state index in [1.807, 2.05) is 0 Å². The fraction of sp³-hybridized carbons (Fsp3) is 0.857. The highest BCUT2D eigenvalue weighted by Crippen LogP contribution is 2.03. The van der Waals surface area contributed by atoms with Crippen LogP contribution in [0.5, 0.6) is 0 Å². The van der Waals surface area contributed by atoms with E-state index >= 15 is 0 Å². The maximum Gasteiger partial charge on any atom is 0.318 e. The van der Waals surface area contributed by atoms with Crippen LogP contribution in [0.3, 0.4) is 0 Å². The minimum absolute atomic E-state index is 0.306. The summed E-state index contributed by atoms with van der Waals surface area (Å²) in [5.41, 5.74) is 0. The molecule has 0 aromatic carbocycles. The number of carboxylic acid groups (broad SMARTS) is 1. The number of aliphatic carboxylic acids is 1. The summed E-state index contributed by atoms with van der Waals surface area (Å²) < 4.78 is 9.22. The first-order valence-electron chi connectivity index (χ1n) is 3.58. The number of carbonyl (C=O) groups is 1. The highest BCUT2D eigenvalue weighted by molar-refractivity contribution is 6.26. The first-order chi connectivity index (χ1) is 5.89. The van der Waals surface area contributed by atoms with Gasteiger partial charge in [-0.2, -0.15) is 0 Å². The van der Waals surface area contributed by atoms with E-state index in [2.05, 4.69) is 4.74 Å². The molecular formula is C7H15ClO5. The van der Waals surface area contributed by atoms with Gasteiger partial charge in [-0.3, -0.25) is 4.79 Å². The molecule has 2 N–H and O–H groups in total. The number of methoxy groups -OCH3 is 1. The number of carboxylic acids is 1. The first kappa shape index (κ1) is 15.1. The molecule has 13 heavy (non-hydrogen) atoms. The number of hydrogen-bond donors (Lipinski definition) is 2. The minimum Gasteiger partial charge on any atom is -0.480 e. The number of ether oxygens (including phenoxy) is 2. The van der Waals surface area contributed by atoms with E-state index in [1.165, 1.54) is 14.0 Å². The Morgan fingerprint density at radius 2 is 2.00 bits per heavy atom. The molecule has 0 radical (unpaired) electrons. The molecule has 0 aliphatic carbocycles. The first-order valence-corrected chi connectivity index (χ1v) is 4.12. The Balaban J connectivity index is 0. The second-order valence-corrected chi connectivity index (χ2v) is 2.33. The second kappa shape index (κ2) is 8.25. The standard InChI is InChI=1S/C5H12O3.C2H3ClO2/c1-4-8-5(2,6)7-3;3-1-2(4)5/h6H,4H2,1-3H3;1H2,(H,4,5). The van der Waals surface area contributed by atoms with Crippen LogP contribution in [-0.2, 0) is 14.3 Å². The molecule has 6 heteroatoms. The van der Waals surface area contributed by atoms with Crippen LogP contribution in [0.2, 0.25) is 0 Å². The third-order valence-electron chi connectivity index (χ3n) is 0.905. The lowest BCUT2D eigenvalue weighted by Gasteiger charge is -2.19. The largest absolute Gasteiger partial charge is 0.480 e. The number of aliphatic hydroxyl groups is 1. The maximum atomic E-state index is 9.24. The highest BCUT2D eigenvalue weighted by Gasteiger charge is 2.17. The van der Waals surface area contributed by atoms with Crippen LogP contribution in [0, 0.1) is 0 Å². The van der Waals surface area contributed by atoms with Gasteiger partial charge in [0.05, 0.1) is 0 Å². The van der Waals surface area contributed by atoms with Gasteiger partial charge in [-0.15, -0.1) is 11.6 Å². The van der Waals surface area contributed by atoms with E-state index in [1.54, 1.807) is 6.92 Å². The molecule has 0 saturated heterocycles. The van der Waals surface area contributed by atoms with Gasteiger partial charge < -0.3 is 19.7 Å². The lowest BCUT2D eigenvalue weighted by molar-refractivity contribution is -0.336. The van der Waals surface area contributed by atoms with Crippen molar-refractivity contribution in [1.82, 2.24) is 0 Å². The number of halogens is 1. The average molecular weight is 215 g/mol. The lowest BCUT2D eigenvalue weighted by Crippen LogP contribution is -2.30. The van der Waals surface area contributed by atoms with E-state index in [4.69, 9.17) is 26.6 Å². The molecule has 0 aromatic heterocycles. The van der Waals surface area contributed by atoms with Crippen molar-refractivity contribution in [3.63, 3.8) is 0 Å². The Kier molecular flexibility index (Phi) is 9.60. The number of hydrogen-bond acceptors (Lipinski definition) is 4. The molecule has 0 saturated carbocycles. The van der Waals surface area contributed by atoms with E-state index in [-0.39, 0.29) is 5.88 Å². The fourth-order valence-electron chi connectivity index (χ4n) is 0.327. The number of alkyl halides is 1. The van der Waals surface area contributed by atoms with Gasteiger partial charge in [0.1, 0.15) is 5.88 Å². The zero-order valence-electron chi connectivity index (χ0n) is 7.91. The SMILES string of the molecule is CCOC(C)(O)OC.O=C(O)CCl. The molecule has 80 valence electrons. The van der Waals surface area contributed by atoms with Gasteiger partial charge in [0.25, 0.3) is 5.97 Å². The van der Waals surface area contributed by atoms with Crippen molar-refractivity contribution in [3.05, 3.63) is 0 Å². The Morgan fingerprint density at radius 1 is 1.62 bits per heavy atom. The van der Waals surface area contributed by atoms with Crippen molar-refractivity contribution in [2.24, 2.45) is 0 Å². The van der Waals surface area contributed by atoms with E-state index in [0.717, 1.165) is 0 Å². The summed E-state index contributed by atoms with van der Waals surface area (Å²) in [4.78, 5) is 9.24. The van der Waals surface area contributed by atoms with Crippen LogP contribution < -0.4 is 0 Å². The van der Waals surface area contributed by atoms with Crippen molar-refractivity contribution in [3.8, 4) is 0 Å². The molecule has 0 aliphatic rings. The Labute approximate surface area is 82.2 Å². The van der Waals surface area contributed by atoms with Gasteiger partial charge in [0.2, 0.25) is 0 Å². The van der Waals surface area contributed by atoms with Crippen molar-refractivity contribution >= 4 is 17.6 Å². The molecular weight excluding hydrogens is 200 g/mol. The Hall–Kier alpha value is -0.360. The summed E-state index contributed by atoms with van der Waals surface area (Å²) in [6.07, 6.45) is 0. The van der Waals surface area contributed by atoms with Crippen molar-refractivity contribution in [2.45, 2.75) is 19.8 Å². The zero-order valence-corrected chi connectivity index (χ0v) is 8.67.